The molecule has 2 unspecified atom stereocenters. The molecule has 0 saturated carbocycles. The average molecular weight is 304 g/mol. The predicted molar refractivity (Wildman–Crippen MR) is 84.8 cm³/mol. The molecule has 2 N–H and O–H groups in total. The van der Waals surface area contributed by atoms with Crippen molar-refractivity contribution < 1.29 is 8.42 Å². The molecule has 0 bridgehead atoms. The Morgan fingerprint density at radius 1 is 1.14 bits per heavy atom. The van der Waals surface area contributed by atoms with E-state index in [-0.39, 0.29) is 12.1 Å². The fourth-order valence-electron chi connectivity index (χ4n) is 2.90. The van der Waals surface area contributed by atoms with Crippen LogP contribution in [0.3, 0.4) is 0 Å². The van der Waals surface area contributed by atoms with Crippen molar-refractivity contribution in [2.75, 3.05) is 6.54 Å². The molecule has 5 heteroatoms. The minimum atomic E-state index is -3.51. The smallest absolute Gasteiger partial charge is 0.241 e. The van der Waals surface area contributed by atoms with Gasteiger partial charge >= 0.3 is 0 Å². The highest BCUT2D eigenvalue weighted by Crippen LogP contribution is 2.23. The van der Waals surface area contributed by atoms with Crippen molar-refractivity contribution in [2.24, 2.45) is 0 Å². The highest BCUT2D eigenvalue weighted by Gasteiger charge is 2.27. The molecule has 1 aliphatic heterocycles. The molecular formula is C16H20N2O2S. The van der Waals surface area contributed by atoms with Gasteiger partial charge in [0.15, 0.2) is 0 Å². The van der Waals surface area contributed by atoms with Crippen LogP contribution in [-0.4, -0.2) is 27.0 Å². The van der Waals surface area contributed by atoms with Crippen molar-refractivity contribution in [3.63, 3.8) is 0 Å². The number of sulfonamides is 1. The highest BCUT2D eigenvalue weighted by molar-refractivity contribution is 7.89. The van der Waals surface area contributed by atoms with E-state index < -0.39 is 10.0 Å². The summed E-state index contributed by atoms with van der Waals surface area (Å²) in [5.41, 5.74) is 0. The molecule has 2 aromatic rings. The second-order valence-electron chi connectivity index (χ2n) is 5.59. The Balaban J connectivity index is 1.97. The Labute approximate surface area is 125 Å². The minimum absolute atomic E-state index is 0.0530. The number of hydrogen-bond acceptors (Lipinski definition) is 3. The second-order valence-corrected chi connectivity index (χ2v) is 7.27. The number of fused-ring (bicyclic) bond motifs is 1. The molecular weight excluding hydrogens is 284 g/mol. The number of nitrogens with one attached hydrogen (secondary N) is 2. The van der Waals surface area contributed by atoms with E-state index in [9.17, 15) is 8.42 Å². The van der Waals surface area contributed by atoms with Gasteiger partial charge in [0.25, 0.3) is 0 Å². The summed E-state index contributed by atoms with van der Waals surface area (Å²) in [7, 11) is -3.51. The molecule has 0 amide bonds. The van der Waals surface area contributed by atoms with Gasteiger partial charge in [-0.2, -0.15) is 0 Å². The predicted octanol–water partition coefficient (Wildman–Crippen LogP) is 2.26. The Kier molecular flexibility index (Phi) is 3.97. The van der Waals surface area contributed by atoms with E-state index in [2.05, 4.69) is 10.0 Å². The van der Waals surface area contributed by atoms with Crippen LogP contribution in [0.2, 0.25) is 0 Å². The van der Waals surface area contributed by atoms with Gasteiger partial charge < -0.3 is 5.32 Å². The molecule has 21 heavy (non-hydrogen) atoms. The van der Waals surface area contributed by atoms with Gasteiger partial charge in [-0.3, -0.25) is 0 Å². The van der Waals surface area contributed by atoms with Crippen LogP contribution in [0.4, 0.5) is 0 Å². The molecule has 3 rings (SSSR count). The summed E-state index contributed by atoms with van der Waals surface area (Å²) in [6, 6.07) is 13.1. The molecule has 1 saturated heterocycles. The Hall–Kier alpha value is -1.43. The zero-order chi connectivity index (χ0) is 14.9. The molecule has 2 aromatic carbocycles. The van der Waals surface area contributed by atoms with Crippen LogP contribution in [0.15, 0.2) is 47.4 Å². The maximum Gasteiger partial charge on any atom is 0.241 e. The van der Waals surface area contributed by atoms with Gasteiger partial charge in [0.2, 0.25) is 10.0 Å². The molecule has 0 aliphatic carbocycles. The van der Waals surface area contributed by atoms with Gasteiger partial charge in [-0.1, -0.05) is 36.4 Å². The van der Waals surface area contributed by atoms with E-state index >= 15 is 0 Å². The lowest BCUT2D eigenvalue weighted by Gasteiger charge is -2.30. The maximum absolute atomic E-state index is 12.7. The summed E-state index contributed by atoms with van der Waals surface area (Å²) in [5.74, 6) is 0. The lowest BCUT2D eigenvalue weighted by atomic mass is 10.0. The summed E-state index contributed by atoms with van der Waals surface area (Å²) >= 11 is 0. The fraction of sp³-hybridized carbons (Fsp3) is 0.375. The molecule has 0 spiro atoms. The average Bonchev–Trinajstić information content (AvgIpc) is 2.49. The summed E-state index contributed by atoms with van der Waals surface area (Å²) in [6.45, 7) is 2.98. The fourth-order valence-corrected chi connectivity index (χ4v) is 4.48. The summed E-state index contributed by atoms with van der Waals surface area (Å²) in [4.78, 5) is 0.360. The first-order chi connectivity index (χ1) is 10.1. The number of rotatable bonds is 3. The third kappa shape index (κ3) is 2.95. The summed E-state index contributed by atoms with van der Waals surface area (Å²) < 4.78 is 28.3. The van der Waals surface area contributed by atoms with Crippen LogP contribution in [0.1, 0.15) is 19.8 Å². The number of piperidine rings is 1. The van der Waals surface area contributed by atoms with E-state index in [1.807, 2.05) is 37.3 Å². The number of benzene rings is 2. The van der Waals surface area contributed by atoms with Crippen LogP contribution < -0.4 is 10.0 Å². The van der Waals surface area contributed by atoms with Crippen LogP contribution >= 0.6 is 0 Å². The van der Waals surface area contributed by atoms with Crippen molar-refractivity contribution in [1.82, 2.24) is 10.0 Å². The number of hydrogen-bond donors (Lipinski definition) is 2. The third-order valence-electron chi connectivity index (χ3n) is 4.11. The van der Waals surface area contributed by atoms with Crippen LogP contribution in [-0.2, 0) is 10.0 Å². The van der Waals surface area contributed by atoms with E-state index in [4.69, 9.17) is 0 Å². The van der Waals surface area contributed by atoms with Crippen molar-refractivity contribution in [2.45, 2.75) is 36.7 Å². The lowest BCUT2D eigenvalue weighted by Crippen LogP contribution is -2.51. The molecule has 1 fully saturated rings. The van der Waals surface area contributed by atoms with Gasteiger partial charge in [0.05, 0.1) is 4.90 Å². The highest BCUT2D eigenvalue weighted by atomic mass is 32.2. The summed E-state index contributed by atoms with van der Waals surface area (Å²) in [6.07, 6.45) is 1.87. The third-order valence-corrected chi connectivity index (χ3v) is 5.66. The van der Waals surface area contributed by atoms with E-state index in [1.54, 1.807) is 12.1 Å². The Morgan fingerprint density at radius 3 is 2.71 bits per heavy atom. The zero-order valence-corrected chi connectivity index (χ0v) is 12.9. The van der Waals surface area contributed by atoms with Crippen LogP contribution in [0.25, 0.3) is 10.8 Å². The SMILES string of the molecule is CC1NCCCC1NS(=O)(=O)c1cccc2ccccc12. The lowest BCUT2D eigenvalue weighted by molar-refractivity contribution is 0.349. The first kappa shape index (κ1) is 14.5. The van der Waals surface area contributed by atoms with Gasteiger partial charge in [-0.15, -0.1) is 0 Å². The Morgan fingerprint density at radius 2 is 1.90 bits per heavy atom. The maximum atomic E-state index is 12.7. The molecule has 1 heterocycles. The Bertz CT molecular complexity index is 738. The molecule has 0 aromatic heterocycles. The summed E-state index contributed by atoms with van der Waals surface area (Å²) in [5, 5.41) is 5.02. The van der Waals surface area contributed by atoms with Crippen molar-refractivity contribution in [3.05, 3.63) is 42.5 Å². The topological polar surface area (TPSA) is 58.2 Å². The molecule has 1 aliphatic rings. The largest absolute Gasteiger partial charge is 0.313 e. The van der Waals surface area contributed by atoms with Crippen molar-refractivity contribution in [1.29, 1.82) is 0 Å². The van der Waals surface area contributed by atoms with Gasteiger partial charge in [0.1, 0.15) is 0 Å². The normalized spacial score (nSPS) is 23.3. The molecule has 112 valence electrons. The van der Waals surface area contributed by atoms with Crippen LogP contribution in [0, 0.1) is 0 Å². The van der Waals surface area contributed by atoms with E-state index in [0.717, 1.165) is 30.2 Å². The van der Waals surface area contributed by atoms with Crippen molar-refractivity contribution >= 4 is 20.8 Å². The molecule has 4 nitrogen and oxygen atoms in total. The standard InChI is InChI=1S/C16H20N2O2S/c1-12-15(9-5-11-17-12)18-21(19,20)16-10-4-7-13-6-2-3-8-14(13)16/h2-4,6-8,10,12,15,17-18H,5,9,11H2,1H3. The molecule has 0 radical (unpaired) electrons. The van der Waals surface area contributed by atoms with E-state index in [1.165, 1.54) is 0 Å². The van der Waals surface area contributed by atoms with Crippen LogP contribution in [0.5, 0.6) is 0 Å². The van der Waals surface area contributed by atoms with E-state index in [0.29, 0.717) is 4.90 Å². The van der Waals surface area contributed by atoms with Gasteiger partial charge in [0, 0.05) is 17.5 Å². The molecule has 2 atom stereocenters. The minimum Gasteiger partial charge on any atom is -0.313 e. The van der Waals surface area contributed by atoms with Gasteiger partial charge in [-0.05, 0) is 37.8 Å². The first-order valence-corrected chi connectivity index (χ1v) is 8.80. The zero-order valence-electron chi connectivity index (χ0n) is 12.0. The quantitative estimate of drug-likeness (QED) is 0.914. The monoisotopic (exact) mass is 304 g/mol. The first-order valence-electron chi connectivity index (χ1n) is 7.31. The van der Waals surface area contributed by atoms with Crippen molar-refractivity contribution in [3.8, 4) is 0 Å². The second kappa shape index (κ2) is 5.75. The van der Waals surface area contributed by atoms with Gasteiger partial charge in [-0.25, -0.2) is 13.1 Å².